The number of unbranched alkanes of at least 4 members (excludes halogenated alkanes) is 34. The molecule has 0 spiro atoms. The van der Waals surface area contributed by atoms with Crippen molar-refractivity contribution in [2.45, 2.75) is 338 Å². The van der Waals surface area contributed by atoms with Crippen molar-refractivity contribution >= 4 is 11.9 Å². The van der Waals surface area contributed by atoms with Gasteiger partial charge in [0.15, 0.2) is 18.7 Å². The lowest BCUT2D eigenvalue weighted by Crippen LogP contribution is -2.61. The molecule has 2 fully saturated rings. The van der Waals surface area contributed by atoms with Crippen LogP contribution in [0.25, 0.3) is 0 Å². The summed E-state index contributed by atoms with van der Waals surface area (Å²) in [5.41, 5.74) is 0. The van der Waals surface area contributed by atoms with Crippen LogP contribution in [0.2, 0.25) is 0 Å². The number of aliphatic hydroxyl groups excluding tert-OH is 7. The summed E-state index contributed by atoms with van der Waals surface area (Å²) in [7, 11) is 0. The second kappa shape index (κ2) is 49.6. The van der Waals surface area contributed by atoms with Gasteiger partial charge in [0.2, 0.25) is 0 Å². The first-order valence-electron chi connectivity index (χ1n) is 31.9. The molecule has 0 bridgehead atoms. The van der Waals surface area contributed by atoms with E-state index in [1.54, 1.807) is 0 Å². The second-order valence-corrected chi connectivity index (χ2v) is 22.6. The van der Waals surface area contributed by atoms with Crippen molar-refractivity contribution in [2.75, 3.05) is 26.4 Å². The Morgan fingerprint density at radius 2 is 0.769 bits per heavy atom. The zero-order valence-electron chi connectivity index (χ0n) is 49.2. The van der Waals surface area contributed by atoms with Crippen molar-refractivity contribution in [1.82, 2.24) is 0 Å². The topological polar surface area (TPSA) is 231 Å². The molecule has 0 aromatic carbocycles. The van der Waals surface area contributed by atoms with Gasteiger partial charge in [-0.15, -0.1) is 0 Å². The van der Waals surface area contributed by atoms with Gasteiger partial charge in [-0.3, -0.25) is 9.59 Å². The van der Waals surface area contributed by atoms with E-state index in [1.165, 1.54) is 173 Å². The zero-order chi connectivity index (χ0) is 56.7. The quantitative estimate of drug-likeness (QED) is 0.0171. The van der Waals surface area contributed by atoms with Gasteiger partial charge in [-0.2, -0.15) is 0 Å². The smallest absolute Gasteiger partial charge is 0.306 e. The number of esters is 2. The van der Waals surface area contributed by atoms with Crippen LogP contribution in [0.4, 0.5) is 0 Å². The summed E-state index contributed by atoms with van der Waals surface area (Å²) >= 11 is 0. The Hall–Kier alpha value is -2.02. The van der Waals surface area contributed by atoms with E-state index in [0.717, 1.165) is 57.8 Å². The fourth-order valence-corrected chi connectivity index (χ4v) is 10.3. The molecule has 0 saturated carbocycles. The molecule has 15 heteroatoms. The maximum Gasteiger partial charge on any atom is 0.306 e. The second-order valence-electron chi connectivity index (χ2n) is 22.6. The molecule has 2 heterocycles. The lowest BCUT2D eigenvalue weighted by atomic mass is 9.98. The van der Waals surface area contributed by atoms with E-state index in [4.69, 9.17) is 28.4 Å². The summed E-state index contributed by atoms with van der Waals surface area (Å²) in [5.74, 6) is -0.913. The first kappa shape index (κ1) is 72.1. The third-order valence-electron chi connectivity index (χ3n) is 15.4. The molecular formula is C63H116O15. The van der Waals surface area contributed by atoms with Crippen LogP contribution in [0, 0.1) is 0 Å². The highest BCUT2D eigenvalue weighted by Crippen LogP contribution is 2.27. The minimum Gasteiger partial charge on any atom is -0.462 e. The molecule has 2 aliphatic rings. The van der Waals surface area contributed by atoms with Gasteiger partial charge in [0, 0.05) is 12.8 Å². The molecule has 0 amide bonds. The maximum atomic E-state index is 13.1. The van der Waals surface area contributed by atoms with Gasteiger partial charge in [0.25, 0.3) is 0 Å². The van der Waals surface area contributed by atoms with Gasteiger partial charge in [0.05, 0.1) is 19.8 Å². The van der Waals surface area contributed by atoms with Gasteiger partial charge in [-0.05, 0) is 44.9 Å². The predicted molar refractivity (Wildman–Crippen MR) is 307 cm³/mol. The molecule has 0 aromatic heterocycles. The number of hydrogen-bond donors (Lipinski definition) is 7. The number of aliphatic hydroxyl groups is 7. The number of allylic oxidation sites excluding steroid dienone is 4. The number of hydrogen-bond acceptors (Lipinski definition) is 15. The van der Waals surface area contributed by atoms with E-state index in [1.807, 2.05) is 0 Å². The van der Waals surface area contributed by atoms with Crippen molar-refractivity contribution in [1.29, 1.82) is 0 Å². The van der Waals surface area contributed by atoms with Gasteiger partial charge >= 0.3 is 11.9 Å². The molecule has 7 N–H and O–H groups in total. The average Bonchev–Trinajstić information content (AvgIpc) is 3.43. The van der Waals surface area contributed by atoms with Crippen molar-refractivity contribution in [3.05, 3.63) is 24.3 Å². The Morgan fingerprint density at radius 3 is 1.22 bits per heavy atom. The third kappa shape index (κ3) is 35.8. The van der Waals surface area contributed by atoms with E-state index in [9.17, 15) is 45.3 Å². The van der Waals surface area contributed by atoms with Crippen LogP contribution in [-0.4, -0.2) is 142 Å². The zero-order valence-corrected chi connectivity index (χ0v) is 49.2. The Morgan fingerprint density at radius 1 is 0.410 bits per heavy atom. The average molecular weight is 1110 g/mol. The lowest BCUT2D eigenvalue weighted by Gasteiger charge is -2.42. The van der Waals surface area contributed by atoms with Crippen molar-refractivity contribution in [3.63, 3.8) is 0 Å². The number of carbonyl (C=O) groups excluding carboxylic acids is 2. The summed E-state index contributed by atoms with van der Waals surface area (Å²) in [6.07, 6.45) is 39.1. The Balaban J connectivity index is 1.70. The molecule has 15 nitrogen and oxygen atoms in total. The van der Waals surface area contributed by atoms with Crippen molar-refractivity contribution < 1.29 is 73.8 Å². The summed E-state index contributed by atoms with van der Waals surface area (Å²) in [6, 6.07) is 0. The molecule has 2 rings (SSSR count). The molecule has 78 heavy (non-hydrogen) atoms. The van der Waals surface area contributed by atoms with Gasteiger partial charge < -0.3 is 64.2 Å². The van der Waals surface area contributed by atoms with E-state index in [0.29, 0.717) is 12.8 Å². The minimum absolute atomic E-state index is 0.164. The van der Waals surface area contributed by atoms with Crippen LogP contribution in [0.5, 0.6) is 0 Å². The van der Waals surface area contributed by atoms with Gasteiger partial charge in [0.1, 0.15) is 55.4 Å². The molecule has 0 aromatic rings. The summed E-state index contributed by atoms with van der Waals surface area (Å²) in [4.78, 5) is 26.0. The summed E-state index contributed by atoms with van der Waals surface area (Å²) < 4.78 is 33.8. The SMILES string of the molecule is CCCCC/C=C\C/C=C\CCCCCCCCCCCC(=O)OC(COC(=O)CCCCCCCCCCCCCCCCCCCCCCCCC)COC1OC(COC2OC(CO)C(O)C(O)C2O)C(O)C(O)C1O. The van der Waals surface area contributed by atoms with Crippen molar-refractivity contribution in [2.24, 2.45) is 0 Å². The van der Waals surface area contributed by atoms with Crippen LogP contribution < -0.4 is 0 Å². The number of ether oxygens (including phenoxy) is 6. The van der Waals surface area contributed by atoms with Crippen LogP contribution in [-0.2, 0) is 38.0 Å². The number of carbonyl (C=O) groups is 2. The first-order valence-corrected chi connectivity index (χ1v) is 31.9. The molecule has 0 aliphatic carbocycles. The Kier molecular flexibility index (Phi) is 45.8. The van der Waals surface area contributed by atoms with Crippen LogP contribution in [0.3, 0.4) is 0 Å². The fraction of sp³-hybridized carbons (Fsp3) is 0.905. The van der Waals surface area contributed by atoms with Gasteiger partial charge in [-0.1, -0.05) is 237 Å². The predicted octanol–water partition coefficient (Wildman–Crippen LogP) is 11.8. The highest BCUT2D eigenvalue weighted by molar-refractivity contribution is 5.70. The van der Waals surface area contributed by atoms with Gasteiger partial charge in [-0.25, -0.2) is 0 Å². The van der Waals surface area contributed by atoms with E-state index < -0.39 is 92.7 Å². The monoisotopic (exact) mass is 1110 g/mol. The maximum absolute atomic E-state index is 13.1. The first-order chi connectivity index (χ1) is 38.0. The lowest BCUT2D eigenvalue weighted by molar-refractivity contribution is -0.332. The van der Waals surface area contributed by atoms with Crippen LogP contribution >= 0.6 is 0 Å². The molecule has 2 saturated heterocycles. The highest BCUT2D eigenvalue weighted by atomic mass is 16.7. The van der Waals surface area contributed by atoms with Crippen LogP contribution in [0.15, 0.2) is 24.3 Å². The standard InChI is InChI=1S/C63H116O15/c1-3-5-7-9-11-13-15-17-19-21-23-24-25-26-28-29-31-33-35-37-39-41-43-45-54(65)73-48-51(76-55(66)46-44-42-40-38-36-34-32-30-27-22-20-18-16-14-12-10-8-6-4-2)49-74-62-61(72)59(70)57(68)53(78-62)50-75-63-60(71)58(69)56(67)52(47-64)77-63/h12,14,18,20,51-53,56-64,67-72H,3-11,13,15-17,19,21-50H2,1-2H3/b14-12-,20-18-. The summed E-state index contributed by atoms with van der Waals surface area (Å²) in [5, 5.41) is 72.4. The number of rotatable bonds is 52. The fourth-order valence-electron chi connectivity index (χ4n) is 10.3. The largest absolute Gasteiger partial charge is 0.462 e. The molecular weight excluding hydrogens is 997 g/mol. The van der Waals surface area contributed by atoms with E-state index >= 15 is 0 Å². The highest BCUT2D eigenvalue weighted by Gasteiger charge is 2.47. The normalized spacial score (nSPS) is 24.1. The minimum atomic E-state index is -1.76. The Bertz CT molecular complexity index is 1450. The molecule has 11 atom stereocenters. The molecule has 458 valence electrons. The molecule has 0 radical (unpaired) electrons. The Labute approximate surface area is 473 Å². The third-order valence-corrected chi connectivity index (χ3v) is 15.4. The molecule has 11 unspecified atom stereocenters. The van der Waals surface area contributed by atoms with Crippen molar-refractivity contribution in [3.8, 4) is 0 Å². The summed E-state index contributed by atoms with van der Waals surface area (Å²) in [6.45, 7) is 2.63. The van der Waals surface area contributed by atoms with E-state index in [-0.39, 0.29) is 26.1 Å². The molecule has 2 aliphatic heterocycles. The van der Waals surface area contributed by atoms with E-state index in [2.05, 4.69) is 38.2 Å². The van der Waals surface area contributed by atoms with Crippen LogP contribution in [0.1, 0.15) is 271 Å².